The highest BCUT2D eigenvalue weighted by atomic mass is 16.1. The normalized spacial score (nSPS) is 11.8. The molecule has 5 heteroatoms. The molecular formula is C13H14N4O. The third kappa shape index (κ3) is 2.63. The second-order valence-electron chi connectivity index (χ2n) is 3.92. The molecule has 0 saturated carbocycles. The zero-order chi connectivity index (χ0) is 13.0. The number of hydrogen-bond donors (Lipinski definition) is 2. The van der Waals surface area contributed by atoms with Crippen LogP contribution in [0.25, 0.3) is 0 Å². The van der Waals surface area contributed by atoms with Crippen LogP contribution >= 0.6 is 0 Å². The summed E-state index contributed by atoms with van der Waals surface area (Å²) in [6.45, 7) is 1.90. The molecule has 2 aromatic heterocycles. The van der Waals surface area contributed by atoms with Gasteiger partial charge in [-0.1, -0.05) is 0 Å². The average Bonchev–Trinajstić information content (AvgIpc) is 2.40. The number of aromatic nitrogens is 2. The summed E-state index contributed by atoms with van der Waals surface area (Å²) in [6, 6.07) is 6.93. The van der Waals surface area contributed by atoms with Crippen molar-refractivity contribution in [1.29, 1.82) is 0 Å². The van der Waals surface area contributed by atoms with Crippen LogP contribution in [-0.2, 0) is 0 Å². The molecular weight excluding hydrogens is 228 g/mol. The van der Waals surface area contributed by atoms with Crippen LogP contribution in [0.1, 0.15) is 29.0 Å². The summed E-state index contributed by atoms with van der Waals surface area (Å²) >= 11 is 0. The van der Waals surface area contributed by atoms with Crippen LogP contribution in [0.15, 0.2) is 42.9 Å². The minimum Gasteiger partial charge on any atom is -0.397 e. The van der Waals surface area contributed by atoms with Gasteiger partial charge in [0, 0.05) is 18.6 Å². The van der Waals surface area contributed by atoms with Gasteiger partial charge in [0.05, 0.1) is 11.7 Å². The van der Waals surface area contributed by atoms with E-state index in [1.807, 2.05) is 19.1 Å². The number of carbonyl (C=O) groups is 1. The molecule has 1 amide bonds. The first-order chi connectivity index (χ1) is 8.68. The topological polar surface area (TPSA) is 80.9 Å². The number of anilines is 1. The van der Waals surface area contributed by atoms with Gasteiger partial charge in [0.2, 0.25) is 0 Å². The maximum Gasteiger partial charge on any atom is 0.272 e. The Bertz CT molecular complexity index is 542. The van der Waals surface area contributed by atoms with E-state index < -0.39 is 0 Å². The molecule has 18 heavy (non-hydrogen) atoms. The maximum atomic E-state index is 12.0. The lowest BCUT2D eigenvalue weighted by Gasteiger charge is -2.14. The lowest BCUT2D eigenvalue weighted by Crippen LogP contribution is -2.28. The van der Waals surface area contributed by atoms with Crippen molar-refractivity contribution >= 4 is 11.6 Å². The quantitative estimate of drug-likeness (QED) is 0.855. The van der Waals surface area contributed by atoms with E-state index in [2.05, 4.69) is 15.3 Å². The van der Waals surface area contributed by atoms with Crippen LogP contribution in [0.4, 0.5) is 5.69 Å². The lowest BCUT2D eigenvalue weighted by atomic mass is 10.1. The van der Waals surface area contributed by atoms with Crippen molar-refractivity contribution in [3.05, 3.63) is 54.1 Å². The first-order valence-corrected chi connectivity index (χ1v) is 5.60. The Kier molecular flexibility index (Phi) is 3.52. The molecule has 0 aliphatic carbocycles. The van der Waals surface area contributed by atoms with Crippen LogP contribution < -0.4 is 11.1 Å². The Morgan fingerprint density at radius 2 is 2.00 bits per heavy atom. The van der Waals surface area contributed by atoms with Crippen molar-refractivity contribution in [2.75, 3.05) is 5.73 Å². The SMILES string of the molecule is CC(NC(=O)c1ncccc1N)c1ccncc1. The second-order valence-corrected chi connectivity index (χ2v) is 3.92. The Hall–Kier alpha value is -2.43. The molecule has 3 N–H and O–H groups in total. The van der Waals surface area contributed by atoms with Crippen molar-refractivity contribution in [3.8, 4) is 0 Å². The molecule has 1 atom stereocenters. The van der Waals surface area contributed by atoms with Crippen molar-refractivity contribution in [1.82, 2.24) is 15.3 Å². The molecule has 5 nitrogen and oxygen atoms in total. The summed E-state index contributed by atoms with van der Waals surface area (Å²) in [5.41, 5.74) is 7.30. The van der Waals surface area contributed by atoms with Gasteiger partial charge in [0.1, 0.15) is 0 Å². The largest absolute Gasteiger partial charge is 0.397 e. The van der Waals surface area contributed by atoms with Gasteiger partial charge >= 0.3 is 0 Å². The fraction of sp³-hybridized carbons (Fsp3) is 0.154. The Morgan fingerprint density at radius 3 is 2.67 bits per heavy atom. The standard InChI is InChI=1S/C13H14N4O/c1-9(10-4-7-15-8-5-10)17-13(18)12-11(14)3-2-6-16-12/h2-9H,14H2,1H3,(H,17,18). The summed E-state index contributed by atoms with van der Waals surface area (Å²) in [5, 5.41) is 2.84. The molecule has 0 bridgehead atoms. The molecule has 1 unspecified atom stereocenters. The summed E-state index contributed by atoms with van der Waals surface area (Å²) < 4.78 is 0. The number of hydrogen-bond acceptors (Lipinski definition) is 4. The van der Waals surface area contributed by atoms with Gasteiger partial charge < -0.3 is 11.1 Å². The van der Waals surface area contributed by atoms with E-state index in [9.17, 15) is 4.79 Å². The molecule has 2 rings (SSSR count). The number of rotatable bonds is 3. The second kappa shape index (κ2) is 5.27. The number of pyridine rings is 2. The molecule has 0 spiro atoms. The van der Waals surface area contributed by atoms with Crippen LogP contribution in [0.5, 0.6) is 0 Å². The van der Waals surface area contributed by atoms with E-state index in [0.717, 1.165) is 5.56 Å². The number of nitrogens with one attached hydrogen (secondary N) is 1. The van der Waals surface area contributed by atoms with Crippen molar-refractivity contribution in [2.24, 2.45) is 0 Å². The lowest BCUT2D eigenvalue weighted by molar-refractivity contribution is 0.0936. The minimum absolute atomic E-state index is 0.123. The van der Waals surface area contributed by atoms with Crippen LogP contribution in [0.3, 0.4) is 0 Å². The number of carbonyl (C=O) groups excluding carboxylic acids is 1. The highest BCUT2D eigenvalue weighted by molar-refractivity contribution is 5.97. The fourth-order valence-electron chi connectivity index (χ4n) is 1.61. The van der Waals surface area contributed by atoms with Gasteiger partial charge in [-0.15, -0.1) is 0 Å². The van der Waals surface area contributed by atoms with Gasteiger partial charge in [-0.25, -0.2) is 4.98 Å². The number of amides is 1. The Labute approximate surface area is 105 Å². The summed E-state index contributed by atoms with van der Waals surface area (Å²) in [4.78, 5) is 19.9. The highest BCUT2D eigenvalue weighted by Crippen LogP contribution is 2.13. The predicted octanol–water partition coefficient (Wildman–Crippen LogP) is 1.55. The molecule has 92 valence electrons. The average molecular weight is 242 g/mol. The van der Waals surface area contributed by atoms with Crippen LogP contribution in [-0.4, -0.2) is 15.9 Å². The van der Waals surface area contributed by atoms with Crippen LogP contribution in [0.2, 0.25) is 0 Å². The van der Waals surface area contributed by atoms with Gasteiger partial charge in [-0.3, -0.25) is 9.78 Å². The molecule has 0 aromatic carbocycles. The predicted molar refractivity (Wildman–Crippen MR) is 68.8 cm³/mol. The van der Waals surface area contributed by atoms with Gasteiger partial charge in [-0.05, 0) is 36.8 Å². The number of nitrogen functional groups attached to an aromatic ring is 1. The zero-order valence-electron chi connectivity index (χ0n) is 10.00. The molecule has 0 radical (unpaired) electrons. The van der Waals surface area contributed by atoms with E-state index in [1.165, 1.54) is 0 Å². The highest BCUT2D eigenvalue weighted by Gasteiger charge is 2.14. The molecule has 2 aromatic rings. The summed E-state index contributed by atoms with van der Waals surface area (Å²) in [5.74, 6) is -0.280. The van der Waals surface area contributed by atoms with E-state index in [-0.39, 0.29) is 17.6 Å². The molecule has 0 saturated heterocycles. The summed E-state index contributed by atoms with van der Waals surface area (Å²) in [7, 11) is 0. The van der Waals surface area contributed by atoms with E-state index in [0.29, 0.717) is 5.69 Å². The van der Waals surface area contributed by atoms with Crippen molar-refractivity contribution in [3.63, 3.8) is 0 Å². The van der Waals surface area contributed by atoms with Crippen molar-refractivity contribution in [2.45, 2.75) is 13.0 Å². The third-order valence-electron chi connectivity index (χ3n) is 2.61. The molecule has 2 heterocycles. The monoisotopic (exact) mass is 242 g/mol. The molecule has 0 fully saturated rings. The Balaban J connectivity index is 2.11. The molecule has 0 aliphatic heterocycles. The molecule has 0 aliphatic rings. The smallest absolute Gasteiger partial charge is 0.272 e. The van der Waals surface area contributed by atoms with E-state index >= 15 is 0 Å². The maximum absolute atomic E-state index is 12.0. The van der Waals surface area contributed by atoms with E-state index in [1.54, 1.807) is 30.7 Å². The van der Waals surface area contributed by atoms with Gasteiger partial charge in [0.15, 0.2) is 5.69 Å². The van der Waals surface area contributed by atoms with Crippen LogP contribution in [0, 0.1) is 0 Å². The number of nitrogens with zero attached hydrogens (tertiary/aromatic N) is 2. The first-order valence-electron chi connectivity index (χ1n) is 5.60. The fourth-order valence-corrected chi connectivity index (χ4v) is 1.61. The van der Waals surface area contributed by atoms with Crippen molar-refractivity contribution < 1.29 is 4.79 Å². The third-order valence-corrected chi connectivity index (χ3v) is 2.61. The first kappa shape index (κ1) is 12.0. The van der Waals surface area contributed by atoms with E-state index in [4.69, 9.17) is 5.73 Å². The Morgan fingerprint density at radius 1 is 1.28 bits per heavy atom. The minimum atomic E-state index is -0.280. The summed E-state index contributed by atoms with van der Waals surface area (Å²) in [6.07, 6.45) is 4.92. The van der Waals surface area contributed by atoms with Gasteiger partial charge in [-0.2, -0.15) is 0 Å². The van der Waals surface area contributed by atoms with Gasteiger partial charge in [0.25, 0.3) is 5.91 Å². The number of nitrogens with two attached hydrogens (primary N) is 1. The zero-order valence-corrected chi connectivity index (χ0v) is 10.00.